The van der Waals surface area contributed by atoms with Gasteiger partial charge < -0.3 is 40.3 Å². The van der Waals surface area contributed by atoms with E-state index in [4.69, 9.17) is 15.2 Å². The molecule has 0 aliphatic heterocycles. The summed E-state index contributed by atoms with van der Waals surface area (Å²) in [6.07, 6.45) is 3.64. The highest BCUT2D eigenvalue weighted by molar-refractivity contribution is 6.25. The van der Waals surface area contributed by atoms with Gasteiger partial charge in [-0.1, -0.05) is 40.0 Å². The van der Waals surface area contributed by atoms with Gasteiger partial charge in [-0.2, -0.15) is 0 Å². The first kappa shape index (κ1) is 39.7. The minimum atomic E-state index is -2.77. The molecule has 1 aromatic carbocycles. The van der Waals surface area contributed by atoms with Crippen LogP contribution in [0.2, 0.25) is 0 Å². The zero-order valence-corrected chi connectivity index (χ0v) is 31.6. The Balaban J connectivity index is 1.49. The zero-order valence-electron chi connectivity index (χ0n) is 31.6. The molecule has 0 aromatic heterocycles. The van der Waals surface area contributed by atoms with Gasteiger partial charge in [-0.05, 0) is 62.7 Å². The van der Waals surface area contributed by atoms with Crippen LogP contribution in [-0.2, 0) is 41.6 Å². The van der Waals surface area contributed by atoms with Gasteiger partial charge in [-0.25, -0.2) is 4.79 Å². The highest BCUT2D eigenvalue weighted by Crippen LogP contribution is 2.53. The zero-order chi connectivity index (χ0) is 39.3. The number of carbonyl (C=O) groups is 6. The fourth-order valence-electron chi connectivity index (χ4n) is 8.73. The molecule has 15 heteroatoms. The maximum absolute atomic E-state index is 14.5. The second kappa shape index (κ2) is 14.7. The molecule has 0 spiro atoms. The Kier molecular flexibility index (Phi) is 11.0. The summed E-state index contributed by atoms with van der Waals surface area (Å²) in [5.74, 6) is -9.80. The Hall–Kier alpha value is -4.50. The van der Waals surface area contributed by atoms with Gasteiger partial charge in [0.05, 0.1) is 30.0 Å². The van der Waals surface area contributed by atoms with E-state index in [2.05, 4.69) is 0 Å². The van der Waals surface area contributed by atoms with Crippen LogP contribution in [-0.4, -0.2) is 114 Å². The third-order valence-corrected chi connectivity index (χ3v) is 11.1. The Morgan fingerprint density at radius 2 is 1.62 bits per heavy atom. The highest BCUT2D eigenvalue weighted by Gasteiger charge is 2.66. The largest absolute Gasteiger partial charge is 0.508 e. The molecule has 3 unspecified atom stereocenters. The number of phenols is 1. The molecule has 15 nitrogen and oxygen atoms in total. The summed E-state index contributed by atoms with van der Waals surface area (Å²) in [6.45, 7) is 5.06. The minimum Gasteiger partial charge on any atom is -0.508 e. The number of phenolic OH excluding ortho intramolecular Hbond substituents is 1. The molecular formula is C38H52N4O11. The lowest BCUT2D eigenvalue weighted by Gasteiger charge is -2.52. The first-order chi connectivity index (χ1) is 24.7. The number of aliphatic hydroxyl groups excluding tert-OH is 1. The average Bonchev–Trinajstić information content (AvgIpc) is 3.06. The number of anilines is 1. The molecule has 2 amide bonds. The second-order valence-electron chi connectivity index (χ2n) is 16.5. The molecule has 0 radical (unpaired) electrons. The molecule has 5 N–H and O–H groups in total. The van der Waals surface area contributed by atoms with Crippen LogP contribution in [0.5, 0.6) is 5.75 Å². The molecule has 5 rings (SSSR count). The van der Waals surface area contributed by atoms with E-state index >= 15 is 0 Å². The van der Waals surface area contributed by atoms with E-state index in [9.17, 15) is 44.1 Å². The highest BCUT2D eigenvalue weighted by atomic mass is 16.7. The van der Waals surface area contributed by atoms with E-state index in [0.717, 1.165) is 32.1 Å². The molecule has 0 bridgehead atoms. The number of nitrogens with zero attached hydrogens (tertiary/aromatic N) is 3. The number of hydrogen-bond acceptors (Lipinski definition) is 13. The van der Waals surface area contributed by atoms with E-state index in [0.29, 0.717) is 11.3 Å². The number of benzene rings is 1. The molecule has 2 fully saturated rings. The number of hydrogen-bond donors (Lipinski definition) is 4. The van der Waals surface area contributed by atoms with E-state index in [1.165, 1.54) is 23.9 Å². The molecule has 4 aliphatic carbocycles. The van der Waals surface area contributed by atoms with Crippen molar-refractivity contribution in [2.75, 3.05) is 46.4 Å². The number of primary amides is 1. The molecular weight excluding hydrogens is 688 g/mol. The van der Waals surface area contributed by atoms with Gasteiger partial charge in [0.1, 0.15) is 17.1 Å². The van der Waals surface area contributed by atoms with Crippen LogP contribution < -0.4 is 10.6 Å². The van der Waals surface area contributed by atoms with Gasteiger partial charge in [-0.15, -0.1) is 0 Å². The second-order valence-corrected chi connectivity index (χ2v) is 16.5. The molecule has 0 heterocycles. The standard InChI is InChI=1S/C38H52N4O11/c1-37(2,3)17-42(36(50)53-18-52-35(49)19-11-9-8-10-12-19)16-21-15-24(40(4)5)22-13-20-14-23-28(41(6)7)31(45)27(34(39)48)33(47)38(23,51)32(46)25(20)30(44)26(22)29(21)43/h15,19-20,23,25,28,43,47,51H,8-14,16-18H2,1-7H3,(H2,39,48)/t20?,23?,25?,28-,38-/m0/s1. The molecule has 2 saturated carbocycles. The van der Waals surface area contributed by atoms with Crippen molar-refractivity contribution in [1.29, 1.82) is 0 Å². The number of esters is 1. The quantitative estimate of drug-likeness (QED) is 0.124. The van der Waals surface area contributed by atoms with Gasteiger partial charge in [-0.3, -0.25) is 28.9 Å². The molecule has 53 heavy (non-hydrogen) atoms. The van der Waals surface area contributed by atoms with Crippen molar-refractivity contribution >= 4 is 41.0 Å². The number of nitrogens with two attached hydrogens (primary N) is 1. The molecule has 290 valence electrons. The number of ketones is 3. The van der Waals surface area contributed by atoms with E-state index in [1.807, 2.05) is 20.8 Å². The third-order valence-electron chi connectivity index (χ3n) is 11.1. The van der Waals surface area contributed by atoms with Crippen molar-refractivity contribution in [2.45, 2.75) is 83.9 Å². The van der Waals surface area contributed by atoms with E-state index in [1.54, 1.807) is 25.1 Å². The summed E-state index contributed by atoms with van der Waals surface area (Å²) in [7, 11) is 6.56. The monoisotopic (exact) mass is 740 g/mol. The lowest BCUT2D eigenvalue weighted by molar-refractivity contribution is -0.163. The SMILES string of the molecule is CN(C)c1cc(CN(CC(C)(C)C)C(=O)OCOC(=O)C2CCCCC2)c(O)c2c1CC1CC3[C@H](N(C)C)C(=O)C(C(N)=O)=C(O)[C@@]3(O)C(=O)C1C2=O. The van der Waals surface area contributed by atoms with Crippen LogP contribution in [0.4, 0.5) is 10.5 Å². The number of likely N-dealkylation sites (N-methyl/N-ethyl adjacent to an activating group) is 1. The number of aliphatic hydroxyl groups is 2. The first-order valence-electron chi connectivity index (χ1n) is 18.1. The topological polar surface area (TPSA) is 217 Å². The molecule has 0 saturated heterocycles. The lowest BCUT2D eigenvalue weighted by Crippen LogP contribution is -2.68. The third kappa shape index (κ3) is 7.25. The van der Waals surface area contributed by atoms with Crippen LogP contribution in [0, 0.1) is 29.1 Å². The predicted octanol–water partition coefficient (Wildman–Crippen LogP) is 2.63. The van der Waals surface area contributed by atoms with Crippen LogP contribution in [0.15, 0.2) is 17.4 Å². The van der Waals surface area contributed by atoms with Crippen LogP contribution in [0.1, 0.15) is 80.8 Å². The van der Waals surface area contributed by atoms with E-state index in [-0.39, 0.29) is 43.0 Å². The van der Waals surface area contributed by atoms with Crippen LogP contribution in [0.3, 0.4) is 0 Å². The smallest absolute Gasteiger partial charge is 0.412 e. The number of ether oxygens (including phenoxy) is 2. The summed E-state index contributed by atoms with van der Waals surface area (Å²) < 4.78 is 10.6. The van der Waals surface area contributed by atoms with Crippen molar-refractivity contribution in [3.63, 3.8) is 0 Å². The van der Waals surface area contributed by atoms with Gasteiger partial charge >= 0.3 is 12.1 Å². The fourth-order valence-corrected chi connectivity index (χ4v) is 8.73. The Morgan fingerprint density at radius 1 is 0.981 bits per heavy atom. The van der Waals surface area contributed by atoms with Crippen molar-refractivity contribution < 1.29 is 53.6 Å². The number of rotatable bonds is 9. The van der Waals surface area contributed by atoms with Crippen LogP contribution in [0.25, 0.3) is 0 Å². The summed E-state index contributed by atoms with van der Waals surface area (Å²) >= 11 is 0. The van der Waals surface area contributed by atoms with Gasteiger partial charge in [0.15, 0.2) is 23.0 Å². The van der Waals surface area contributed by atoms with Crippen molar-refractivity contribution in [2.24, 2.45) is 34.8 Å². The fraction of sp³-hybridized carbons (Fsp3) is 0.632. The number of Topliss-reactive ketones (excluding diaryl/α,β-unsaturated/α-hetero) is 3. The maximum atomic E-state index is 14.5. The number of amides is 2. The van der Waals surface area contributed by atoms with Crippen molar-refractivity contribution in [3.05, 3.63) is 34.1 Å². The molecule has 4 aliphatic rings. The Labute approximate surface area is 309 Å². The van der Waals surface area contributed by atoms with Gasteiger partial charge in [0, 0.05) is 37.8 Å². The predicted molar refractivity (Wildman–Crippen MR) is 191 cm³/mol. The van der Waals surface area contributed by atoms with Crippen molar-refractivity contribution in [1.82, 2.24) is 9.80 Å². The van der Waals surface area contributed by atoms with Gasteiger partial charge in [0.25, 0.3) is 5.91 Å². The van der Waals surface area contributed by atoms with Crippen LogP contribution >= 0.6 is 0 Å². The number of carbonyl (C=O) groups excluding carboxylic acids is 6. The lowest BCUT2D eigenvalue weighted by atomic mass is 9.54. The van der Waals surface area contributed by atoms with Gasteiger partial charge in [0.2, 0.25) is 6.79 Å². The normalized spacial score (nSPS) is 26.1. The summed E-state index contributed by atoms with van der Waals surface area (Å²) in [6, 6.07) is 0.461. The Morgan fingerprint density at radius 3 is 2.19 bits per heavy atom. The number of aromatic hydroxyl groups is 1. The molecule has 1 aromatic rings. The maximum Gasteiger partial charge on any atom is 0.412 e. The first-order valence-corrected chi connectivity index (χ1v) is 18.1. The minimum absolute atomic E-state index is 0.0469. The Bertz CT molecular complexity index is 1740. The number of fused-ring (bicyclic) bond motifs is 3. The summed E-state index contributed by atoms with van der Waals surface area (Å²) in [4.78, 5) is 85.0. The van der Waals surface area contributed by atoms with Crippen molar-refractivity contribution in [3.8, 4) is 5.75 Å². The van der Waals surface area contributed by atoms with E-state index < -0.39 is 94.0 Å². The molecule has 5 atom stereocenters. The average molecular weight is 741 g/mol. The summed E-state index contributed by atoms with van der Waals surface area (Å²) in [5, 5.41) is 34.9. The summed E-state index contributed by atoms with van der Waals surface area (Å²) in [5.41, 5.74) is 2.32.